The highest BCUT2D eigenvalue weighted by Gasteiger charge is 2.05. The highest BCUT2D eigenvalue weighted by Crippen LogP contribution is 2.18. The number of nitrogens with two attached hydrogens (primary N) is 1. The number of nitrogens with zero attached hydrogens (tertiary/aromatic N) is 1. The van der Waals surface area contributed by atoms with Crippen molar-refractivity contribution in [3.8, 4) is 0 Å². The number of primary amides is 1. The lowest BCUT2D eigenvalue weighted by atomic mass is 10.1. The van der Waals surface area contributed by atoms with Crippen LogP contribution in [0.5, 0.6) is 0 Å². The molecule has 0 spiro atoms. The minimum Gasteiger partial charge on any atom is -0.369 e. The number of pyridine rings is 1. The van der Waals surface area contributed by atoms with Crippen LogP contribution in [0.25, 0.3) is 10.9 Å². The van der Waals surface area contributed by atoms with Gasteiger partial charge in [-0.05, 0) is 17.7 Å². The van der Waals surface area contributed by atoms with Gasteiger partial charge < -0.3 is 5.73 Å². The average molecular weight is 204 g/mol. The quantitative estimate of drug-likeness (QED) is 0.803. The van der Waals surface area contributed by atoms with Gasteiger partial charge in [0.15, 0.2) is 0 Å². The first kappa shape index (κ1) is 9.58. The van der Waals surface area contributed by atoms with Crippen molar-refractivity contribution in [2.24, 2.45) is 5.73 Å². The molecule has 0 atom stereocenters. The van der Waals surface area contributed by atoms with Crippen LogP contribution in [0.4, 0.5) is 4.39 Å². The van der Waals surface area contributed by atoms with E-state index in [-0.39, 0.29) is 6.42 Å². The topological polar surface area (TPSA) is 56.0 Å². The van der Waals surface area contributed by atoms with Crippen molar-refractivity contribution in [2.75, 3.05) is 0 Å². The van der Waals surface area contributed by atoms with Gasteiger partial charge in [0, 0.05) is 5.39 Å². The van der Waals surface area contributed by atoms with Gasteiger partial charge in [-0.15, -0.1) is 0 Å². The number of hydrogen-bond acceptors (Lipinski definition) is 2. The molecule has 2 N–H and O–H groups in total. The third-order valence-electron chi connectivity index (χ3n) is 2.15. The number of halogens is 1. The molecule has 1 amide bonds. The second-order valence-corrected chi connectivity index (χ2v) is 3.28. The van der Waals surface area contributed by atoms with Crippen molar-refractivity contribution < 1.29 is 9.18 Å². The van der Waals surface area contributed by atoms with Crippen molar-refractivity contribution in [1.82, 2.24) is 4.98 Å². The van der Waals surface area contributed by atoms with E-state index < -0.39 is 11.7 Å². The number of benzene rings is 1. The molecule has 0 saturated heterocycles. The molecule has 0 fully saturated rings. The molecule has 76 valence electrons. The minimum absolute atomic E-state index is 0.0997. The highest BCUT2D eigenvalue weighted by atomic mass is 19.1. The van der Waals surface area contributed by atoms with Crippen molar-refractivity contribution >= 4 is 16.8 Å². The molecule has 0 unspecified atom stereocenters. The molecule has 1 heterocycles. The van der Waals surface area contributed by atoms with E-state index in [1.54, 1.807) is 18.2 Å². The zero-order valence-electron chi connectivity index (χ0n) is 7.90. The average Bonchev–Trinajstić information content (AvgIpc) is 2.18. The number of hydrogen-bond donors (Lipinski definition) is 1. The lowest BCUT2D eigenvalue weighted by molar-refractivity contribution is -0.117. The fourth-order valence-corrected chi connectivity index (χ4v) is 1.53. The largest absolute Gasteiger partial charge is 0.369 e. The molecule has 1 aromatic heterocycles. The summed E-state index contributed by atoms with van der Waals surface area (Å²) in [6, 6.07) is 6.64. The van der Waals surface area contributed by atoms with Crippen LogP contribution in [0.2, 0.25) is 0 Å². The lowest BCUT2D eigenvalue weighted by Gasteiger charge is -2.03. The molecule has 1 aromatic carbocycles. The van der Waals surface area contributed by atoms with Crippen LogP contribution >= 0.6 is 0 Å². The maximum Gasteiger partial charge on any atom is 0.221 e. The lowest BCUT2D eigenvalue weighted by Crippen LogP contribution is -2.13. The third-order valence-corrected chi connectivity index (χ3v) is 2.15. The zero-order chi connectivity index (χ0) is 10.8. The molecule has 4 heteroatoms. The van der Waals surface area contributed by atoms with Gasteiger partial charge in [0.1, 0.15) is 5.82 Å². The molecule has 0 radical (unpaired) electrons. The summed E-state index contributed by atoms with van der Waals surface area (Å²) in [5.74, 6) is -0.855. The Morgan fingerprint density at radius 2 is 2.27 bits per heavy atom. The van der Waals surface area contributed by atoms with Gasteiger partial charge in [-0.3, -0.25) is 9.78 Å². The zero-order valence-corrected chi connectivity index (χ0v) is 7.90. The van der Waals surface area contributed by atoms with Gasteiger partial charge in [0.25, 0.3) is 0 Å². The Labute approximate surface area is 85.7 Å². The van der Waals surface area contributed by atoms with Crippen molar-refractivity contribution in [2.45, 2.75) is 6.42 Å². The summed E-state index contributed by atoms with van der Waals surface area (Å²) in [5.41, 5.74) is 6.46. The predicted octanol–water partition coefficient (Wildman–Crippen LogP) is 1.40. The van der Waals surface area contributed by atoms with E-state index in [1.165, 1.54) is 6.07 Å². The molecule has 0 bridgehead atoms. The van der Waals surface area contributed by atoms with Gasteiger partial charge in [0.05, 0.1) is 18.1 Å². The fourth-order valence-electron chi connectivity index (χ4n) is 1.53. The number of aromatic nitrogens is 1. The molecule has 2 rings (SSSR count). The maximum atomic E-state index is 13.0. The smallest absolute Gasteiger partial charge is 0.221 e. The second kappa shape index (κ2) is 3.65. The van der Waals surface area contributed by atoms with Gasteiger partial charge in [0.2, 0.25) is 5.91 Å². The van der Waals surface area contributed by atoms with E-state index in [4.69, 9.17) is 5.73 Å². The molecule has 15 heavy (non-hydrogen) atoms. The Kier molecular flexibility index (Phi) is 2.33. The Balaban J connectivity index is 2.63. The summed E-state index contributed by atoms with van der Waals surface area (Å²) >= 11 is 0. The van der Waals surface area contributed by atoms with E-state index in [1.807, 2.05) is 0 Å². The molecule has 0 aliphatic heterocycles. The second-order valence-electron chi connectivity index (χ2n) is 3.28. The van der Waals surface area contributed by atoms with Crippen LogP contribution < -0.4 is 5.73 Å². The van der Waals surface area contributed by atoms with E-state index in [0.717, 1.165) is 6.20 Å². The molecule has 0 aliphatic rings. The number of amides is 1. The first-order chi connectivity index (χ1) is 7.16. The van der Waals surface area contributed by atoms with Crippen LogP contribution in [0.3, 0.4) is 0 Å². The molecule has 0 aliphatic carbocycles. The van der Waals surface area contributed by atoms with Gasteiger partial charge in [-0.25, -0.2) is 4.39 Å². The van der Waals surface area contributed by atoms with Gasteiger partial charge in [-0.2, -0.15) is 0 Å². The SMILES string of the molecule is NC(=O)Cc1cccc2ncc(F)cc12. The van der Waals surface area contributed by atoms with Crippen LogP contribution in [0, 0.1) is 5.82 Å². The summed E-state index contributed by atoms with van der Waals surface area (Å²) < 4.78 is 13.0. The Morgan fingerprint density at radius 3 is 3.00 bits per heavy atom. The van der Waals surface area contributed by atoms with Crippen molar-refractivity contribution in [3.05, 3.63) is 41.8 Å². The number of carbonyl (C=O) groups excluding carboxylic acids is 1. The fraction of sp³-hybridized carbons (Fsp3) is 0.0909. The Hall–Kier alpha value is -1.97. The summed E-state index contributed by atoms with van der Waals surface area (Å²) in [7, 11) is 0. The first-order valence-corrected chi connectivity index (χ1v) is 4.48. The monoisotopic (exact) mass is 204 g/mol. The Morgan fingerprint density at radius 1 is 1.47 bits per heavy atom. The van der Waals surface area contributed by atoms with E-state index >= 15 is 0 Å². The first-order valence-electron chi connectivity index (χ1n) is 4.48. The maximum absolute atomic E-state index is 13.0. The van der Waals surface area contributed by atoms with Crippen molar-refractivity contribution in [3.63, 3.8) is 0 Å². The summed E-state index contributed by atoms with van der Waals surface area (Å²) in [4.78, 5) is 14.7. The van der Waals surface area contributed by atoms with Crippen LogP contribution in [0.15, 0.2) is 30.5 Å². The van der Waals surface area contributed by atoms with E-state index in [0.29, 0.717) is 16.5 Å². The van der Waals surface area contributed by atoms with Gasteiger partial charge >= 0.3 is 0 Å². The molecular formula is C11H9FN2O. The highest BCUT2D eigenvalue weighted by molar-refractivity contribution is 5.87. The molecule has 0 saturated carbocycles. The van der Waals surface area contributed by atoms with Crippen LogP contribution in [-0.4, -0.2) is 10.9 Å². The molecule has 3 nitrogen and oxygen atoms in total. The summed E-state index contributed by atoms with van der Waals surface area (Å²) in [6.45, 7) is 0. The number of fused-ring (bicyclic) bond motifs is 1. The minimum atomic E-state index is -0.438. The number of rotatable bonds is 2. The third kappa shape index (κ3) is 1.93. The molecular weight excluding hydrogens is 195 g/mol. The van der Waals surface area contributed by atoms with Gasteiger partial charge in [-0.1, -0.05) is 12.1 Å². The molecule has 2 aromatic rings. The van der Waals surface area contributed by atoms with Crippen LogP contribution in [-0.2, 0) is 11.2 Å². The standard InChI is InChI=1S/C11H9FN2O/c12-8-5-9-7(4-11(13)15)2-1-3-10(9)14-6-8/h1-3,5-6H,4H2,(H2,13,15). The van der Waals surface area contributed by atoms with Crippen molar-refractivity contribution in [1.29, 1.82) is 0 Å². The van der Waals surface area contributed by atoms with E-state index in [2.05, 4.69) is 4.98 Å². The Bertz CT molecular complexity index is 525. The normalized spacial score (nSPS) is 10.5. The predicted molar refractivity (Wildman–Crippen MR) is 54.6 cm³/mol. The van der Waals surface area contributed by atoms with E-state index in [9.17, 15) is 9.18 Å². The number of carbonyl (C=O) groups is 1. The van der Waals surface area contributed by atoms with Crippen LogP contribution in [0.1, 0.15) is 5.56 Å². The summed E-state index contributed by atoms with van der Waals surface area (Å²) in [5, 5.41) is 0.635. The summed E-state index contributed by atoms with van der Waals surface area (Å²) in [6.07, 6.45) is 1.25.